The normalized spacial score (nSPS) is 26.1. The summed E-state index contributed by atoms with van der Waals surface area (Å²) in [5.41, 5.74) is 0. The third-order valence-electron chi connectivity index (χ3n) is 0.847. The number of carbonyl (C=O) groups is 1. The number of amides is 2. The largest absolute Gasteiger partial charge is 0.356 e. The Morgan fingerprint density at radius 2 is 2.75 bits per heavy atom. The minimum absolute atomic E-state index is 0.317. The number of aliphatic imine (C=N–C) groups is 1. The van der Waals surface area contributed by atoms with Crippen molar-refractivity contribution in [2.24, 2.45) is 4.99 Å². The third-order valence-corrected chi connectivity index (χ3v) is 0.847. The van der Waals surface area contributed by atoms with Gasteiger partial charge in [-0.15, -0.1) is 0 Å². The molecule has 1 rings (SSSR count). The monoisotopic (exact) mass is 114 g/mol. The summed E-state index contributed by atoms with van der Waals surface area (Å²) in [4.78, 5) is 13.6. The second-order valence-electron chi connectivity index (χ2n) is 1.38. The number of ether oxygens (including phenoxy) is 1. The fourth-order valence-corrected chi connectivity index (χ4v) is 0.451. The zero-order chi connectivity index (χ0) is 5.98. The molecule has 1 N–H and O–H groups in total. The highest BCUT2D eigenvalue weighted by Crippen LogP contribution is 1.89. The summed E-state index contributed by atoms with van der Waals surface area (Å²) >= 11 is 0. The Balaban J connectivity index is 2.46. The molecular weight excluding hydrogens is 108 g/mol. The molecule has 0 aromatic rings. The van der Waals surface area contributed by atoms with E-state index in [-0.39, 0.29) is 12.3 Å². The summed E-state index contributed by atoms with van der Waals surface area (Å²) < 4.78 is 4.70. The molecule has 0 aromatic carbocycles. The van der Waals surface area contributed by atoms with E-state index in [4.69, 9.17) is 4.74 Å². The fraction of sp³-hybridized carbons (Fsp3) is 0.500. The standard InChI is InChI=1S/C4H6N2O2/c1-8-3-2-5-4(7)6-3/h2-3H,1H3,(H,6,7). The first-order chi connectivity index (χ1) is 3.83. The smallest absolute Gasteiger partial charge is 0.343 e. The van der Waals surface area contributed by atoms with Gasteiger partial charge in [0.15, 0.2) is 6.23 Å². The maximum absolute atomic E-state index is 10.2. The van der Waals surface area contributed by atoms with Gasteiger partial charge in [-0.3, -0.25) is 0 Å². The van der Waals surface area contributed by atoms with Crippen LogP contribution in [-0.2, 0) is 4.74 Å². The molecule has 0 spiro atoms. The van der Waals surface area contributed by atoms with Crippen molar-refractivity contribution in [2.75, 3.05) is 7.11 Å². The molecule has 1 aliphatic heterocycles. The topological polar surface area (TPSA) is 50.7 Å². The Kier molecular flexibility index (Phi) is 1.26. The van der Waals surface area contributed by atoms with Crippen LogP contribution in [-0.4, -0.2) is 25.6 Å². The van der Waals surface area contributed by atoms with Crippen LogP contribution in [0.25, 0.3) is 0 Å². The second-order valence-corrected chi connectivity index (χ2v) is 1.38. The number of nitrogens with one attached hydrogen (secondary N) is 1. The highest BCUT2D eigenvalue weighted by Gasteiger charge is 2.12. The Morgan fingerprint density at radius 1 is 2.00 bits per heavy atom. The molecule has 0 saturated carbocycles. The van der Waals surface area contributed by atoms with Gasteiger partial charge in [-0.2, -0.15) is 0 Å². The molecule has 1 unspecified atom stereocenters. The van der Waals surface area contributed by atoms with E-state index in [1.807, 2.05) is 0 Å². The van der Waals surface area contributed by atoms with E-state index in [0.29, 0.717) is 0 Å². The summed E-state index contributed by atoms with van der Waals surface area (Å²) in [5.74, 6) is 0. The van der Waals surface area contributed by atoms with Gasteiger partial charge in [0.25, 0.3) is 0 Å². The van der Waals surface area contributed by atoms with E-state index in [9.17, 15) is 4.79 Å². The summed E-state index contributed by atoms with van der Waals surface area (Å²) in [5, 5.41) is 2.42. The van der Waals surface area contributed by atoms with Gasteiger partial charge in [0.1, 0.15) is 0 Å². The minimum atomic E-state index is -0.336. The van der Waals surface area contributed by atoms with Gasteiger partial charge in [-0.05, 0) is 0 Å². The quantitative estimate of drug-likeness (QED) is 0.511. The molecule has 1 aliphatic rings. The van der Waals surface area contributed by atoms with Gasteiger partial charge in [0.2, 0.25) is 0 Å². The van der Waals surface area contributed by atoms with Crippen molar-refractivity contribution in [1.82, 2.24) is 5.32 Å². The van der Waals surface area contributed by atoms with Crippen LogP contribution in [0.4, 0.5) is 4.79 Å². The van der Waals surface area contributed by atoms with Crippen LogP contribution in [0.2, 0.25) is 0 Å². The van der Waals surface area contributed by atoms with Crippen LogP contribution < -0.4 is 5.32 Å². The van der Waals surface area contributed by atoms with E-state index in [1.165, 1.54) is 13.3 Å². The predicted octanol–water partition coefficient (Wildman–Crippen LogP) is -0.247. The minimum Gasteiger partial charge on any atom is -0.356 e. The molecule has 4 heteroatoms. The summed E-state index contributed by atoms with van der Waals surface area (Å²) in [6, 6.07) is -0.336. The van der Waals surface area contributed by atoms with E-state index < -0.39 is 0 Å². The first-order valence-electron chi connectivity index (χ1n) is 2.20. The Bertz CT molecular complexity index is 132. The third kappa shape index (κ3) is 0.840. The van der Waals surface area contributed by atoms with Crippen molar-refractivity contribution in [3.63, 3.8) is 0 Å². The molecule has 0 saturated heterocycles. The first-order valence-corrected chi connectivity index (χ1v) is 2.20. The molecule has 44 valence electrons. The molecule has 0 aromatic heterocycles. The number of nitrogens with zero attached hydrogens (tertiary/aromatic N) is 1. The molecule has 0 fully saturated rings. The number of hydrogen-bond acceptors (Lipinski definition) is 2. The molecule has 8 heavy (non-hydrogen) atoms. The van der Waals surface area contributed by atoms with Crippen molar-refractivity contribution in [1.29, 1.82) is 0 Å². The lowest BCUT2D eigenvalue weighted by Crippen LogP contribution is -2.28. The van der Waals surface area contributed by atoms with Gasteiger partial charge >= 0.3 is 6.03 Å². The number of hydrogen-bond donors (Lipinski definition) is 1. The van der Waals surface area contributed by atoms with Gasteiger partial charge in [-0.1, -0.05) is 0 Å². The number of methoxy groups -OCH3 is 1. The van der Waals surface area contributed by atoms with Gasteiger partial charge < -0.3 is 10.1 Å². The first kappa shape index (κ1) is 5.24. The molecule has 0 bridgehead atoms. The van der Waals surface area contributed by atoms with Crippen molar-refractivity contribution in [3.05, 3.63) is 0 Å². The molecule has 1 heterocycles. The van der Waals surface area contributed by atoms with E-state index in [1.54, 1.807) is 0 Å². The average Bonchev–Trinajstić information content (AvgIpc) is 2.14. The zero-order valence-electron chi connectivity index (χ0n) is 4.42. The van der Waals surface area contributed by atoms with E-state index >= 15 is 0 Å². The number of rotatable bonds is 1. The maximum Gasteiger partial charge on any atom is 0.343 e. The lowest BCUT2D eigenvalue weighted by molar-refractivity contribution is 0.143. The van der Waals surface area contributed by atoms with Gasteiger partial charge in [0.05, 0.1) is 6.21 Å². The van der Waals surface area contributed by atoms with Crippen molar-refractivity contribution >= 4 is 12.2 Å². The highest BCUT2D eigenvalue weighted by molar-refractivity contribution is 5.91. The van der Waals surface area contributed by atoms with Crippen LogP contribution in [0.1, 0.15) is 0 Å². The number of carbonyl (C=O) groups excluding carboxylic acids is 1. The Hall–Kier alpha value is -0.900. The molecule has 0 radical (unpaired) electrons. The summed E-state index contributed by atoms with van der Waals surface area (Å²) in [6.45, 7) is 0. The van der Waals surface area contributed by atoms with Crippen LogP contribution in [0.3, 0.4) is 0 Å². The van der Waals surface area contributed by atoms with Gasteiger partial charge in [-0.25, -0.2) is 9.79 Å². The highest BCUT2D eigenvalue weighted by atomic mass is 16.5. The van der Waals surface area contributed by atoms with Gasteiger partial charge in [0, 0.05) is 7.11 Å². The summed E-state index contributed by atoms with van der Waals surface area (Å²) in [6.07, 6.45) is 1.10. The molecule has 1 atom stereocenters. The van der Waals surface area contributed by atoms with Crippen molar-refractivity contribution in [2.45, 2.75) is 6.23 Å². The zero-order valence-corrected chi connectivity index (χ0v) is 4.42. The van der Waals surface area contributed by atoms with Crippen LogP contribution in [0, 0.1) is 0 Å². The van der Waals surface area contributed by atoms with E-state index in [0.717, 1.165) is 0 Å². The lowest BCUT2D eigenvalue weighted by Gasteiger charge is -2.00. The second kappa shape index (κ2) is 1.92. The lowest BCUT2D eigenvalue weighted by atomic mass is 10.6. The van der Waals surface area contributed by atoms with Crippen molar-refractivity contribution < 1.29 is 9.53 Å². The average molecular weight is 114 g/mol. The fourth-order valence-electron chi connectivity index (χ4n) is 0.451. The molecule has 2 amide bonds. The van der Waals surface area contributed by atoms with Crippen molar-refractivity contribution in [3.8, 4) is 0 Å². The SMILES string of the molecule is COC1C=NC(=O)N1. The molecule has 0 aliphatic carbocycles. The predicted molar refractivity (Wildman–Crippen MR) is 27.8 cm³/mol. The number of urea groups is 1. The Morgan fingerprint density at radius 3 is 3.00 bits per heavy atom. The van der Waals surface area contributed by atoms with Crippen LogP contribution >= 0.6 is 0 Å². The molecule has 4 nitrogen and oxygen atoms in total. The van der Waals surface area contributed by atoms with E-state index in [2.05, 4.69) is 10.3 Å². The summed E-state index contributed by atoms with van der Waals surface area (Å²) in [7, 11) is 1.50. The molecular formula is C4H6N2O2. The maximum atomic E-state index is 10.2. The van der Waals surface area contributed by atoms with Crippen LogP contribution in [0.5, 0.6) is 0 Å². The Labute approximate surface area is 46.5 Å². The van der Waals surface area contributed by atoms with Crippen LogP contribution in [0.15, 0.2) is 4.99 Å².